The highest BCUT2D eigenvalue weighted by atomic mass is 35.5. The van der Waals surface area contributed by atoms with Crippen molar-refractivity contribution in [1.82, 2.24) is 14.0 Å². The van der Waals surface area contributed by atoms with Crippen molar-refractivity contribution in [3.05, 3.63) is 45.8 Å². The van der Waals surface area contributed by atoms with Crippen LogP contribution in [0.4, 0.5) is 26.3 Å². The van der Waals surface area contributed by atoms with Gasteiger partial charge in [0.1, 0.15) is 22.3 Å². The van der Waals surface area contributed by atoms with Crippen LogP contribution in [0.1, 0.15) is 10.4 Å². The molecule has 1 aromatic carbocycles. The molecule has 0 fully saturated rings. The van der Waals surface area contributed by atoms with Crippen molar-refractivity contribution >= 4 is 39.3 Å². The molecule has 0 saturated carbocycles. The normalized spacial score (nSPS) is 12.6. The summed E-state index contributed by atoms with van der Waals surface area (Å²) in [5, 5.41) is -0.868. The van der Waals surface area contributed by atoms with Gasteiger partial charge in [-0.05, 0) is 6.07 Å². The Hall–Kier alpha value is -2.49. The number of carbonyl (C=O) groups is 1. The third-order valence-corrected chi connectivity index (χ3v) is 5.75. The van der Waals surface area contributed by atoms with Gasteiger partial charge in [0.15, 0.2) is 6.61 Å². The molecule has 17 heteroatoms. The topological polar surface area (TPSA) is 97.8 Å². The van der Waals surface area contributed by atoms with Crippen molar-refractivity contribution in [2.45, 2.75) is 12.1 Å². The zero-order valence-electron chi connectivity index (χ0n) is 16.9. The number of pyridine rings is 1. The molecule has 2 rings (SSSR count). The minimum atomic E-state index is -5.84. The maximum Gasteiger partial charge on any atom is 0.456 e. The van der Waals surface area contributed by atoms with Crippen molar-refractivity contribution in [3.63, 3.8) is 0 Å². The van der Waals surface area contributed by atoms with E-state index in [2.05, 4.69) is 9.72 Å². The number of carbonyl (C=O) groups excluding carboxylic acids is 1. The van der Waals surface area contributed by atoms with Crippen LogP contribution in [0.15, 0.2) is 24.4 Å². The molecule has 0 saturated heterocycles. The molecular weight excluding hydrogens is 543 g/mol. The number of hydrogen-bond donors (Lipinski definition) is 1. The molecule has 1 amide bonds. The zero-order valence-corrected chi connectivity index (χ0v) is 19.2. The molecule has 0 radical (unpaired) electrons. The van der Waals surface area contributed by atoms with Gasteiger partial charge in [-0.3, -0.25) is 4.79 Å². The van der Waals surface area contributed by atoms with E-state index in [0.29, 0.717) is 10.4 Å². The largest absolute Gasteiger partial charge is 0.470 e. The van der Waals surface area contributed by atoms with E-state index in [0.717, 1.165) is 32.4 Å². The Labute approximate surface area is 198 Å². The van der Waals surface area contributed by atoms with E-state index in [9.17, 15) is 39.6 Å². The monoisotopic (exact) mass is 555 g/mol. The molecule has 0 bridgehead atoms. The second kappa shape index (κ2) is 10.0. The van der Waals surface area contributed by atoms with Crippen molar-refractivity contribution in [1.29, 1.82) is 0 Å². The third-order valence-electron chi connectivity index (χ3n) is 3.78. The van der Waals surface area contributed by atoms with E-state index in [1.807, 2.05) is 0 Å². The van der Waals surface area contributed by atoms with Gasteiger partial charge in [0.2, 0.25) is 5.88 Å². The summed E-state index contributed by atoms with van der Waals surface area (Å²) < 4.78 is 112. The van der Waals surface area contributed by atoms with Gasteiger partial charge in [0.05, 0.1) is 16.8 Å². The number of alkyl halides is 5. The van der Waals surface area contributed by atoms with Crippen molar-refractivity contribution in [2.75, 3.05) is 20.7 Å². The number of hydrogen-bond acceptors (Lipinski definition) is 6. The summed E-state index contributed by atoms with van der Waals surface area (Å²) in [5.74, 6) is -9.10. The molecule has 0 spiro atoms. The van der Waals surface area contributed by atoms with E-state index in [1.165, 1.54) is 0 Å². The second-order valence-corrected chi connectivity index (χ2v) is 9.23. The number of benzene rings is 1. The van der Waals surface area contributed by atoms with Gasteiger partial charge >= 0.3 is 22.3 Å². The smallest absolute Gasteiger partial charge is 0.456 e. The van der Waals surface area contributed by atoms with Crippen LogP contribution < -0.4 is 14.2 Å². The fraction of sp³-hybridized carbons (Fsp3) is 0.294. The van der Waals surface area contributed by atoms with E-state index < -0.39 is 57.1 Å². The second-order valence-electron chi connectivity index (χ2n) is 6.53. The summed E-state index contributed by atoms with van der Waals surface area (Å²) in [7, 11) is -1.95. The number of rotatable bonds is 8. The summed E-state index contributed by atoms with van der Waals surface area (Å²) in [6, 6.07) is 2.33. The van der Waals surface area contributed by atoms with Gasteiger partial charge < -0.3 is 9.47 Å². The number of amides is 1. The first-order valence-electron chi connectivity index (χ1n) is 8.59. The Balaban J connectivity index is 2.19. The molecule has 2 aromatic rings. The summed E-state index contributed by atoms with van der Waals surface area (Å²) in [6.07, 6.45) is -5.03. The molecule has 0 atom stereocenters. The standard InChI is InChI=1S/C17H13Cl2F6N3O5S/c1-28(2)34(30,31)27-14(29)9-4-10(18)13(5-12(9)20)33-8-3-11(19)15(26-6-8)32-7-16(21,22)17(23,24)25/h3-6H,7H2,1-2H3,(H,27,29). The van der Waals surface area contributed by atoms with Crippen LogP contribution in [0.2, 0.25) is 10.0 Å². The summed E-state index contributed by atoms with van der Waals surface area (Å²) in [4.78, 5) is 15.5. The highest BCUT2D eigenvalue weighted by molar-refractivity contribution is 7.87. The zero-order chi connectivity index (χ0) is 26.1. The maximum absolute atomic E-state index is 14.4. The van der Waals surface area contributed by atoms with E-state index in [4.69, 9.17) is 27.9 Å². The molecule has 1 aromatic heterocycles. The Morgan fingerprint density at radius 2 is 1.74 bits per heavy atom. The van der Waals surface area contributed by atoms with Crippen LogP contribution in [0.25, 0.3) is 0 Å². The van der Waals surface area contributed by atoms with Crippen molar-refractivity contribution < 1.29 is 49.0 Å². The maximum atomic E-state index is 14.4. The van der Waals surface area contributed by atoms with Gasteiger partial charge in [-0.2, -0.15) is 34.7 Å². The lowest BCUT2D eigenvalue weighted by molar-refractivity contribution is -0.290. The number of ether oxygens (including phenoxy) is 2. The Kier molecular flexibility index (Phi) is 8.17. The van der Waals surface area contributed by atoms with Crippen LogP contribution in [0.3, 0.4) is 0 Å². The van der Waals surface area contributed by atoms with E-state index in [1.54, 1.807) is 4.72 Å². The molecule has 8 nitrogen and oxygen atoms in total. The Bertz CT molecular complexity index is 1190. The highest BCUT2D eigenvalue weighted by Crippen LogP contribution is 2.37. The summed E-state index contributed by atoms with van der Waals surface area (Å²) >= 11 is 11.7. The van der Waals surface area contributed by atoms with E-state index in [-0.39, 0.29) is 16.5 Å². The Morgan fingerprint density at radius 3 is 2.26 bits per heavy atom. The lowest BCUT2D eigenvalue weighted by Crippen LogP contribution is -2.41. The molecule has 34 heavy (non-hydrogen) atoms. The number of nitrogens with one attached hydrogen (secondary N) is 1. The average Bonchev–Trinajstić information content (AvgIpc) is 2.68. The lowest BCUT2D eigenvalue weighted by Gasteiger charge is -2.19. The number of aromatic nitrogens is 1. The third kappa shape index (κ3) is 6.55. The fourth-order valence-corrected chi connectivity index (χ4v) is 2.92. The highest BCUT2D eigenvalue weighted by Gasteiger charge is 2.58. The molecule has 1 heterocycles. The molecule has 1 N–H and O–H groups in total. The summed E-state index contributed by atoms with van der Waals surface area (Å²) in [6.45, 7) is -2.08. The van der Waals surface area contributed by atoms with Gasteiger partial charge in [0.25, 0.3) is 5.91 Å². The quantitative estimate of drug-likeness (QED) is 0.484. The molecule has 0 aliphatic carbocycles. The molecule has 188 valence electrons. The van der Waals surface area contributed by atoms with Gasteiger partial charge in [-0.1, -0.05) is 23.2 Å². The summed E-state index contributed by atoms with van der Waals surface area (Å²) in [5.41, 5.74) is -0.728. The molecular formula is C17H13Cl2F6N3O5S. The van der Waals surface area contributed by atoms with Crippen LogP contribution >= 0.6 is 23.2 Å². The fourth-order valence-electron chi connectivity index (χ4n) is 1.98. The van der Waals surface area contributed by atoms with Crippen molar-refractivity contribution in [2.24, 2.45) is 0 Å². The van der Waals surface area contributed by atoms with Crippen LogP contribution in [0.5, 0.6) is 17.4 Å². The predicted octanol–water partition coefficient (Wildman–Crippen LogP) is 4.43. The number of nitrogens with zero attached hydrogens (tertiary/aromatic N) is 2. The van der Waals surface area contributed by atoms with Crippen LogP contribution in [0, 0.1) is 5.82 Å². The van der Waals surface area contributed by atoms with Gasteiger partial charge in [0, 0.05) is 26.2 Å². The van der Waals surface area contributed by atoms with Gasteiger partial charge in [-0.25, -0.2) is 14.1 Å². The Morgan fingerprint density at radius 1 is 1.12 bits per heavy atom. The van der Waals surface area contributed by atoms with Crippen LogP contribution in [-0.4, -0.2) is 56.4 Å². The number of halogens is 8. The first-order valence-corrected chi connectivity index (χ1v) is 10.8. The first kappa shape index (κ1) is 27.8. The molecule has 0 aliphatic rings. The minimum Gasteiger partial charge on any atom is -0.470 e. The average molecular weight is 556 g/mol. The van der Waals surface area contributed by atoms with E-state index >= 15 is 0 Å². The van der Waals surface area contributed by atoms with Crippen LogP contribution in [-0.2, 0) is 10.2 Å². The predicted molar refractivity (Wildman–Crippen MR) is 107 cm³/mol. The first-order chi connectivity index (χ1) is 15.4. The van der Waals surface area contributed by atoms with Crippen molar-refractivity contribution in [3.8, 4) is 17.4 Å². The lowest BCUT2D eigenvalue weighted by atomic mass is 10.2. The van der Waals surface area contributed by atoms with Gasteiger partial charge in [-0.15, -0.1) is 0 Å². The SMILES string of the molecule is CN(C)S(=O)(=O)NC(=O)c1cc(Cl)c(Oc2cnc(OCC(F)(F)C(F)(F)F)c(Cl)c2)cc1F. The minimum absolute atomic E-state index is 0.256. The molecule has 0 aliphatic heterocycles. The molecule has 0 unspecified atom stereocenters.